The Morgan fingerprint density at radius 3 is 2.78 bits per heavy atom. The molecule has 1 aromatic carbocycles. The summed E-state index contributed by atoms with van der Waals surface area (Å²) in [6.45, 7) is 2.07. The van der Waals surface area contributed by atoms with Crippen LogP contribution in [0, 0.1) is 0 Å². The van der Waals surface area contributed by atoms with Crippen LogP contribution in [0.3, 0.4) is 0 Å². The number of amides is 1. The van der Waals surface area contributed by atoms with Gasteiger partial charge in [-0.25, -0.2) is 0 Å². The highest BCUT2D eigenvalue weighted by molar-refractivity contribution is 9.10. The highest BCUT2D eigenvalue weighted by Crippen LogP contribution is 2.26. The fraction of sp³-hybridized carbons (Fsp3) is 0.154. The summed E-state index contributed by atoms with van der Waals surface area (Å²) in [6.07, 6.45) is 0.948. The van der Waals surface area contributed by atoms with Gasteiger partial charge in [-0.15, -0.1) is 11.3 Å². The lowest BCUT2D eigenvalue weighted by atomic mass is 10.3. The molecule has 5 heteroatoms. The predicted molar refractivity (Wildman–Crippen MR) is 80.2 cm³/mol. The Kier molecular flexibility index (Phi) is 4.04. The molecular formula is C13H13BrN2OS. The maximum Gasteiger partial charge on any atom is 0.265 e. The van der Waals surface area contributed by atoms with Crippen LogP contribution in [0.25, 0.3) is 0 Å². The van der Waals surface area contributed by atoms with Gasteiger partial charge in [0, 0.05) is 15.0 Å². The van der Waals surface area contributed by atoms with Gasteiger partial charge in [-0.2, -0.15) is 0 Å². The molecule has 0 spiro atoms. The number of anilines is 2. The molecular weight excluding hydrogens is 312 g/mol. The van der Waals surface area contributed by atoms with Crippen molar-refractivity contribution >= 4 is 44.5 Å². The third-order valence-corrected chi connectivity index (χ3v) is 4.36. The molecule has 2 rings (SSSR count). The summed E-state index contributed by atoms with van der Waals surface area (Å²) < 4.78 is 0.781. The van der Waals surface area contributed by atoms with Crippen LogP contribution < -0.4 is 11.1 Å². The number of aryl methyl sites for hydroxylation is 1. The van der Waals surface area contributed by atoms with Crippen LogP contribution >= 0.6 is 27.3 Å². The number of hydrogen-bond donors (Lipinski definition) is 2. The third kappa shape index (κ3) is 2.91. The largest absolute Gasteiger partial charge is 0.399 e. The van der Waals surface area contributed by atoms with Crippen molar-refractivity contribution in [1.29, 1.82) is 0 Å². The number of rotatable bonds is 3. The lowest BCUT2D eigenvalue weighted by Crippen LogP contribution is -2.10. The fourth-order valence-corrected chi connectivity index (χ4v) is 2.84. The topological polar surface area (TPSA) is 55.1 Å². The highest BCUT2D eigenvalue weighted by Gasteiger charge is 2.10. The second kappa shape index (κ2) is 5.54. The number of halogens is 1. The van der Waals surface area contributed by atoms with E-state index in [4.69, 9.17) is 5.73 Å². The summed E-state index contributed by atoms with van der Waals surface area (Å²) >= 11 is 4.89. The van der Waals surface area contributed by atoms with Gasteiger partial charge in [-0.3, -0.25) is 4.79 Å². The monoisotopic (exact) mass is 324 g/mol. The molecule has 0 unspecified atom stereocenters. The Morgan fingerprint density at radius 1 is 1.39 bits per heavy atom. The SMILES string of the molecule is CCc1ccc(C(=O)Nc2ccc(N)cc2Br)s1. The minimum atomic E-state index is -0.0924. The molecule has 1 amide bonds. The number of carbonyl (C=O) groups excluding carboxylic acids is 1. The number of carbonyl (C=O) groups is 1. The van der Waals surface area contributed by atoms with E-state index in [-0.39, 0.29) is 5.91 Å². The molecule has 2 aromatic rings. The molecule has 3 nitrogen and oxygen atoms in total. The molecule has 0 saturated carbocycles. The van der Waals surface area contributed by atoms with E-state index in [2.05, 4.69) is 28.2 Å². The van der Waals surface area contributed by atoms with Gasteiger partial charge in [0.15, 0.2) is 0 Å². The molecule has 94 valence electrons. The van der Waals surface area contributed by atoms with E-state index in [0.717, 1.165) is 21.5 Å². The molecule has 0 fully saturated rings. The maximum atomic E-state index is 12.0. The van der Waals surface area contributed by atoms with E-state index in [0.29, 0.717) is 5.69 Å². The molecule has 0 saturated heterocycles. The average molecular weight is 325 g/mol. The van der Waals surface area contributed by atoms with Crippen LogP contribution in [0.15, 0.2) is 34.8 Å². The van der Waals surface area contributed by atoms with Gasteiger partial charge in [-0.05, 0) is 52.7 Å². The molecule has 0 aliphatic rings. The van der Waals surface area contributed by atoms with Gasteiger partial charge in [0.2, 0.25) is 0 Å². The molecule has 0 atom stereocenters. The standard InChI is InChI=1S/C13H13BrN2OS/c1-2-9-4-6-12(18-9)13(17)16-11-5-3-8(15)7-10(11)14/h3-7H,2,15H2,1H3,(H,16,17). The summed E-state index contributed by atoms with van der Waals surface area (Å²) in [5.41, 5.74) is 7.03. The highest BCUT2D eigenvalue weighted by atomic mass is 79.9. The van der Waals surface area contributed by atoms with E-state index in [1.807, 2.05) is 12.1 Å². The first-order chi connectivity index (χ1) is 8.60. The minimum absolute atomic E-state index is 0.0924. The number of nitrogens with two attached hydrogens (primary N) is 1. The zero-order valence-corrected chi connectivity index (χ0v) is 12.3. The molecule has 1 aromatic heterocycles. The Hall–Kier alpha value is -1.33. The number of nitrogen functional groups attached to an aromatic ring is 1. The van der Waals surface area contributed by atoms with Gasteiger partial charge in [-0.1, -0.05) is 6.92 Å². The van der Waals surface area contributed by atoms with Crippen molar-refractivity contribution in [2.24, 2.45) is 0 Å². The Balaban J connectivity index is 2.16. The summed E-state index contributed by atoms with van der Waals surface area (Å²) in [6, 6.07) is 9.14. The molecule has 3 N–H and O–H groups in total. The molecule has 18 heavy (non-hydrogen) atoms. The van der Waals surface area contributed by atoms with Crippen molar-refractivity contribution in [2.75, 3.05) is 11.1 Å². The van der Waals surface area contributed by atoms with E-state index in [9.17, 15) is 4.79 Å². The van der Waals surface area contributed by atoms with E-state index in [1.165, 1.54) is 16.2 Å². The lowest BCUT2D eigenvalue weighted by Gasteiger charge is -2.06. The minimum Gasteiger partial charge on any atom is -0.399 e. The summed E-state index contributed by atoms with van der Waals surface area (Å²) in [4.78, 5) is 14.0. The maximum absolute atomic E-state index is 12.0. The summed E-state index contributed by atoms with van der Waals surface area (Å²) in [7, 11) is 0. The third-order valence-electron chi connectivity index (χ3n) is 2.48. The summed E-state index contributed by atoms with van der Waals surface area (Å²) in [5, 5.41) is 2.86. The number of thiophene rings is 1. The second-order valence-corrected chi connectivity index (χ2v) is 5.84. The molecule has 0 aliphatic heterocycles. The Bertz CT molecular complexity index is 580. The Labute approximate surface area is 118 Å². The van der Waals surface area contributed by atoms with E-state index < -0.39 is 0 Å². The van der Waals surface area contributed by atoms with Crippen LogP contribution in [0.2, 0.25) is 0 Å². The summed E-state index contributed by atoms with van der Waals surface area (Å²) in [5.74, 6) is -0.0924. The molecule has 1 heterocycles. The molecule has 0 radical (unpaired) electrons. The van der Waals surface area contributed by atoms with Gasteiger partial charge < -0.3 is 11.1 Å². The zero-order chi connectivity index (χ0) is 13.1. The number of benzene rings is 1. The quantitative estimate of drug-likeness (QED) is 0.841. The first-order valence-corrected chi connectivity index (χ1v) is 7.16. The number of hydrogen-bond acceptors (Lipinski definition) is 3. The van der Waals surface area contributed by atoms with Crippen molar-refractivity contribution in [2.45, 2.75) is 13.3 Å². The van der Waals surface area contributed by atoms with Gasteiger partial charge >= 0.3 is 0 Å². The normalized spacial score (nSPS) is 10.3. The van der Waals surface area contributed by atoms with Crippen LogP contribution in [-0.4, -0.2) is 5.91 Å². The van der Waals surface area contributed by atoms with Crippen molar-refractivity contribution in [3.8, 4) is 0 Å². The van der Waals surface area contributed by atoms with Crippen molar-refractivity contribution in [3.05, 3.63) is 44.6 Å². The predicted octanol–water partition coefficient (Wildman–Crippen LogP) is 3.91. The number of nitrogens with one attached hydrogen (secondary N) is 1. The van der Waals surface area contributed by atoms with Gasteiger partial charge in [0.1, 0.15) is 0 Å². The first kappa shape index (κ1) is 13.1. The van der Waals surface area contributed by atoms with Crippen LogP contribution in [0.4, 0.5) is 11.4 Å². The van der Waals surface area contributed by atoms with Gasteiger partial charge in [0.25, 0.3) is 5.91 Å². The van der Waals surface area contributed by atoms with E-state index in [1.54, 1.807) is 18.2 Å². The Morgan fingerprint density at radius 2 is 2.17 bits per heavy atom. The molecule has 0 bridgehead atoms. The van der Waals surface area contributed by atoms with Crippen molar-refractivity contribution in [3.63, 3.8) is 0 Å². The first-order valence-electron chi connectivity index (χ1n) is 5.55. The zero-order valence-electron chi connectivity index (χ0n) is 9.87. The average Bonchev–Trinajstić information content (AvgIpc) is 2.81. The van der Waals surface area contributed by atoms with Crippen molar-refractivity contribution in [1.82, 2.24) is 0 Å². The van der Waals surface area contributed by atoms with Crippen LogP contribution in [0.1, 0.15) is 21.5 Å². The van der Waals surface area contributed by atoms with Crippen LogP contribution in [0.5, 0.6) is 0 Å². The fourth-order valence-electron chi connectivity index (χ4n) is 1.51. The lowest BCUT2D eigenvalue weighted by molar-refractivity contribution is 0.103. The van der Waals surface area contributed by atoms with Crippen LogP contribution in [-0.2, 0) is 6.42 Å². The van der Waals surface area contributed by atoms with Crippen molar-refractivity contribution < 1.29 is 4.79 Å². The van der Waals surface area contributed by atoms with E-state index >= 15 is 0 Å². The second-order valence-electron chi connectivity index (χ2n) is 3.81. The smallest absolute Gasteiger partial charge is 0.265 e. The van der Waals surface area contributed by atoms with Gasteiger partial charge in [0.05, 0.1) is 10.6 Å². The molecule has 0 aliphatic carbocycles.